The minimum atomic E-state index is -4.49. The van der Waals surface area contributed by atoms with Crippen LogP contribution < -0.4 is 15.0 Å². The van der Waals surface area contributed by atoms with Gasteiger partial charge in [-0.3, -0.25) is 0 Å². The number of aromatic nitrogens is 2. The van der Waals surface area contributed by atoms with Crippen molar-refractivity contribution >= 4 is 26.4 Å². The largest absolute Gasteiger partial charge is 0.495 e. The molecule has 1 saturated heterocycles. The molecule has 0 atom stereocenters. The van der Waals surface area contributed by atoms with Gasteiger partial charge in [0.15, 0.2) is 5.03 Å². The van der Waals surface area contributed by atoms with Gasteiger partial charge in [-0.05, 0) is 42.5 Å². The van der Waals surface area contributed by atoms with Gasteiger partial charge in [-0.2, -0.15) is 18.3 Å². The van der Waals surface area contributed by atoms with Crippen LogP contribution in [0.2, 0.25) is 0 Å². The lowest BCUT2D eigenvalue weighted by molar-refractivity contribution is -0.137. The monoisotopic (exact) mass is 516 g/mol. The van der Waals surface area contributed by atoms with E-state index >= 15 is 0 Å². The van der Waals surface area contributed by atoms with Crippen molar-refractivity contribution in [3.63, 3.8) is 0 Å². The molecule has 1 N–H and O–H groups in total. The van der Waals surface area contributed by atoms with E-state index in [9.17, 15) is 21.6 Å². The fourth-order valence-corrected chi connectivity index (χ4v) is 5.70. The summed E-state index contributed by atoms with van der Waals surface area (Å²) >= 11 is 0. The number of alkyl halides is 3. The number of nitrogens with zero attached hydrogens (tertiary/aromatic N) is 3. The average Bonchev–Trinajstić information content (AvgIpc) is 3.28. The van der Waals surface area contributed by atoms with Crippen molar-refractivity contribution in [1.29, 1.82) is 0 Å². The lowest BCUT2D eigenvalue weighted by atomic mass is 10.1. The van der Waals surface area contributed by atoms with Gasteiger partial charge in [-0.25, -0.2) is 13.1 Å². The van der Waals surface area contributed by atoms with Crippen LogP contribution in [0, 0.1) is 0 Å². The van der Waals surface area contributed by atoms with E-state index in [-0.39, 0.29) is 9.92 Å². The van der Waals surface area contributed by atoms with Crippen molar-refractivity contribution in [2.45, 2.75) is 16.1 Å². The van der Waals surface area contributed by atoms with Gasteiger partial charge in [0.2, 0.25) is 9.84 Å². The summed E-state index contributed by atoms with van der Waals surface area (Å²) in [5.74, 6) is 0.515. The van der Waals surface area contributed by atoms with Crippen molar-refractivity contribution in [3.8, 4) is 11.4 Å². The zero-order valence-corrected chi connectivity index (χ0v) is 20.1. The minimum absolute atomic E-state index is 0.0727. The van der Waals surface area contributed by atoms with Crippen LogP contribution in [0.15, 0.2) is 76.7 Å². The molecule has 1 aliphatic rings. The first-order chi connectivity index (χ1) is 17.2. The number of ether oxygens (including phenoxy) is 1. The van der Waals surface area contributed by atoms with Gasteiger partial charge in [0, 0.05) is 37.6 Å². The van der Waals surface area contributed by atoms with E-state index in [1.165, 1.54) is 36.1 Å². The highest BCUT2D eigenvalue weighted by molar-refractivity contribution is 7.91. The van der Waals surface area contributed by atoms with Crippen LogP contribution in [-0.4, -0.2) is 51.5 Å². The van der Waals surface area contributed by atoms with E-state index in [1.54, 1.807) is 30.3 Å². The summed E-state index contributed by atoms with van der Waals surface area (Å²) in [4.78, 5) is 2.17. The third-order valence-corrected chi connectivity index (χ3v) is 7.85. The molecule has 4 aromatic rings. The number of methoxy groups -OCH3 is 1. The molecule has 0 bridgehead atoms. The Morgan fingerprint density at radius 3 is 2.25 bits per heavy atom. The van der Waals surface area contributed by atoms with Crippen molar-refractivity contribution in [1.82, 2.24) is 15.1 Å². The number of rotatable bonds is 5. The van der Waals surface area contributed by atoms with E-state index in [0.29, 0.717) is 35.4 Å². The zero-order chi connectivity index (χ0) is 25.5. The second kappa shape index (κ2) is 9.14. The number of halogens is 3. The van der Waals surface area contributed by atoms with Crippen molar-refractivity contribution in [2.24, 2.45) is 0 Å². The van der Waals surface area contributed by atoms with Gasteiger partial charge in [0.1, 0.15) is 5.75 Å². The number of anilines is 1. The van der Waals surface area contributed by atoms with E-state index in [0.717, 1.165) is 30.9 Å². The highest BCUT2D eigenvalue weighted by Gasteiger charge is 2.31. The average molecular weight is 517 g/mol. The third kappa shape index (κ3) is 4.28. The molecule has 188 valence electrons. The summed E-state index contributed by atoms with van der Waals surface area (Å²) in [5.41, 5.74) is 0.612. The highest BCUT2D eigenvalue weighted by atomic mass is 32.2. The first kappa shape index (κ1) is 24.1. The molecule has 0 radical (unpaired) electrons. The van der Waals surface area contributed by atoms with Crippen molar-refractivity contribution in [3.05, 3.63) is 72.3 Å². The van der Waals surface area contributed by atoms with Gasteiger partial charge in [-0.1, -0.05) is 18.2 Å². The Morgan fingerprint density at radius 2 is 1.64 bits per heavy atom. The fourth-order valence-electron chi connectivity index (χ4n) is 4.32. The normalized spacial score (nSPS) is 14.8. The molecular weight excluding hydrogens is 493 g/mol. The molecule has 1 fully saturated rings. The van der Waals surface area contributed by atoms with Gasteiger partial charge in [-0.15, -0.1) is 0 Å². The molecule has 0 amide bonds. The standard InChI is InChI=1S/C25H23F3N4O3S/c1-35-23-16-21-20(15-22(23)31-13-11-29-12-14-31)24(36(33,34)19-5-3-2-4-6-19)30-32(21)18-9-7-17(8-10-18)25(26,27)28/h2-10,15-16,29H,11-14H2,1H3. The van der Waals surface area contributed by atoms with Crippen molar-refractivity contribution < 1.29 is 26.3 Å². The third-order valence-electron chi connectivity index (χ3n) is 6.15. The van der Waals surface area contributed by atoms with Crippen LogP contribution in [0.5, 0.6) is 5.75 Å². The van der Waals surface area contributed by atoms with E-state index in [2.05, 4.69) is 15.3 Å². The summed E-state index contributed by atoms with van der Waals surface area (Å²) < 4.78 is 73.6. The Balaban J connectivity index is 1.75. The molecule has 0 spiro atoms. The number of hydrogen-bond donors (Lipinski definition) is 1. The number of sulfone groups is 1. The Morgan fingerprint density at radius 1 is 0.972 bits per heavy atom. The predicted molar refractivity (Wildman–Crippen MR) is 130 cm³/mol. The second-order valence-corrected chi connectivity index (χ2v) is 10.2. The smallest absolute Gasteiger partial charge is 0.416 e. The second-order valence-electron chi connectivity index (χ2n) is 8.36. The SMILES string of the molecule is COc1cc2c(cc1N1CCNCC1)c(S(=O)(=O)c1ccccc1)nn2-c1ccc(C(F)(F)F)cc1. The van der Waals surface area contributed by atoms with Crippen molar-refractivity contribution in [2.75, 3.05) is 38.2 Å². The molecule has 36 heavy (non-hydrogen) atoms. The topological polar surface area (TPSA) is 76.5 Å². The number of piperazine rings is 1. The minimum Gasteiger partial charge on any atom is -0.495 e. The summed E-state index contributed by atoms with van der Waals surface area (Å²) in [6.07, 6.45) is -4.49. The highest BCUT2D eigenvalue weighted by Crippen LogP contribution is 2.39. The molecular formula is C25H23F3N4O3S. The number of fused-ring (bicyclic) bond motifs is 1. The molecule has 1 aliphatic heterocycles. The Bertz CT molecular complexity index is 1500. The molecule has 11 heteroatoms. The molecule has 1 aromatic heterocycles. The van der Waals surface area contributed by atoms with Gasteiger partial charge in [0.25, 0.3) is 0 Å². The molecule has 0 unspecified atom stereocenters. The molecule has 0 aliphatic carbocycles. The lowest BCUT2D eigenvalue weighted by Crippen LogP contribution is -2.43. The lowest BCUT2D eigenvalue weighted by Gasteiger charge is -2.30. The number of nitrogens with one attached hydrogen (secondary N) is 1. The summed E-state index contributed by atoms with van der Waals surface area (Å²) in [5, 5.41) is 7.88. The summed E-state index contributed by atoms with van der Waals surface area (Å²) in [7, 11) is -2.51. The maximum atomic E-state index is 13.6. The maximum Gasteiger partial charge on any atom is 0.416 e. The van der Waals surface area contributed by atoms with E-state index in [1.807, 2.05) is 0 Å². The molecule has 2 heterocycles. The first-order valence-corrected chi connectivity index (χ1v) is 12.7. The fraction of sp³-hybridized carbons (Fsp3) is 0.240. The quantitative estimate of drug-likeness (QED) is 0.427. The van der Waals surface area contributed by atoms with Crippen LogP contribution in [0.25, 0.3) is 16.6 Å². The first-order valence-electron chi connectivity index (χ1n) is 11.2. The Kier molecular flexibility index (Phi) is 6.13. The molecule has 0 saturated carbocycles. The Hall–Kier alpha value is -3.57. The number of benzene rings is 3. The Labute approximate surface area is 206 Å². The maximum absolute atomic E-state index is 13.6. The summed E-state index contributed by atoms with van der Waals surface area (Å²) in [6, 6.07) is 15.8. The van der Waals surface area contributed by atoms with E-state index < -0.39 is 21.6 Å². The predicted octanol–water partition coefficient (Wildman–Crippen LogP) is 4.30. The zero-order valence-electron chi connectivity index (χ0n) is 19.3. The number of hydrogen-bond acceptors (Lipinski definition) is 6. The van der Waals surface area contributed by atoms with Gasteiger partial charge < -0.3 is 15.0 Å². The van der Waals surface area contributed by atoms with Crippen LogP contribution >= 0.6 is 0 Å². The molecule has 5 rings (SSSR count). The van der Waals surface area contributed by atoms with Crippen LogP contribution in [-0.2, 0) is 16.0 Å². The van der Waals surface area contributed by atoms with E-state index in [4.69, 9.17) is 4.74 Å². The van der Waals surface area contributed by atoms with Gasteiger partial charge in [0.05, 0.1) is 34.5 Å². The van der Waals surface area contributed by atoms with Crippen LogP contribution in [0.4, 0.5) is 18.9 Å². The van der Waals surface area contributed by atoms with Gasteiger partial charge >= 0.3 is 6.18 Å². The van der Waals surface area contributed by atoms with Crippen LogP contribution in [0.3, 0.4) is 0 Å². The molecule has 7 nitrogen and oxygen atoms in total. The molecule has 3 aromatic carbocycles. The van der Waals surface area contributed by atoms with Crippen LogP contribution in [0.1, 0.15) is 5.56 Å². The summed E-state index contributed by atoms with van der Waals surface area (Å²) in [6.45, 7) is 2.94.